The van der Waals surface area contributed by atoms with E-state index in [1.54, 1.807) is 11.3 Å². The average Bonchev–Trinajstić information content (AvgIpc) is 3.25. The van der Waals surface area contributed by atoms with Crippen molar-refractivity contribution in [1.29, 1.82) is 0 Å². The summed E-state index contributed by atoms with van der Waals surface area (Å²) in [5.74, 6) is 0.854. The van der Waals surface area contributed by atoms with Gasteiger partial charge in [0.25, 0.3) is 0 Å². The Morgan fingerprint density at radius 1 is 1.33 bits per heavy atom. The van der Waals surface area contributed by atoms with Crippen LogP contribution in [0.1, 0.15) is 30.0 Å². The molecule has 0 fully saturated rings. The summed E-state index contributed by atoms with van der Waals surface area (Å²) < 4.78 is 2.57. The molecular formula is C18H20N4S2. The lowest BCUT2D eigenvalue weighted by Gasteiger charge is -2.33. The van der Waals surface area contributed by atoms with Gasteiger partial charge in [-0.05, 0) is 61.1 Å². The van der Waals surface area contributed by atoms with Gasteiger partial charge in [0.15, 0.2) is 5.82 Å². The van der Waals surface area contributed by atoms with Crippen LogP contribution >= 0.6 is 23.6 Å². The first-order valence-electron chi connectivity index (χ1n) is 8.21. The molecule has 2 heterocycles. The van der Waals surface area contributed by atoms with Gasteiger partial charge >= 0.3 is 0 Å². The maximum absolute atomic E-state index is 5.44. The third-order valence-electron chi connectivity index (χ3n) is 4.67. The summed E-state index contributed by atoms with van der Waals surface area (Å²) in [6.07, 6.45) is 3.61. The zero-order valence-corrected chi connectivity index (χ0v) is 15.2. The zero-order chi connectivity index (χ0) is 16.5. The number of aryl methyl sites for hydroxylation is 1. The smallest absolute Gasteiger partial charge is 0.217 e. The molecule has 0 unspecified atom stereocenters. The number of thiophene rings is 1. The predicted octanol–water partition coefficient (Wildman–Crippen LogP) is 4.64. The highest BCUT2D eigenvalue weighted by molar-refractivity contribution is 7.71. The first-order chi connectivity index (χ1) is 11.7. The molecule has 0 radical (unpaired) electrons. The molecule has 0 saturated carbocycles. The Labute approximate surface area is 150 Å². The van der Waals surface area contributed by atoms with E-state index in [2.05, 4.69) is 57.7 Å². The number of rotatable bonds is 4. The molecule has 1 aliphatic carbocycles. The summed E-state index contributed by atoms with van der Waals surface area (Å²) in [6, 6.07) is 13.3. The van der Waals surface area contributed by atoms with Crippen LogP contribution in [0.5, 0.6) is 0 Å². The molecule has 3 aromatic rings. The number of nitrogens with one attached hydrogen (secondary N) is 1. The number of hydrogen-bond donors (Lipinski definition) is 1. The van der Waals surface area contributed by atoms with E-state index in [1.165, 1.54) is 30.4 Å². The molecule has 0 aliphatic heterocycles. The molecule has 2 aromatic heterocycles. The number of H-pyrrole nitrogens is 1. The van der Waals surface area contributed by atoms with Crippen molar-refractivity contribution in [2.75, 3.05) is 7.05 Å². The van der Waals surface area contributed by atoms with Crippen LogP contribution in [0.2, 0.25) is 0 Å². The molecule has 6 heteroatoms. The Morgan fingerprint density at radius 2 is 2.21 bits per heavy atom. The molecule has 0 spiro atoms. The Kier molecular flexibility index (Phi) is 4.35. The van der Waals surface area contributed by atoms with Crippen LogP contribution in [0.15, 0.2) is 41.8 Å². The van der Waals surface area contributed by atoms with Crippen LogP contribution in [-0.2, 0) is 13.1 Å². The normalized spacial score (nSPS) is 17.2. The number of aromatic amines is 1. The summed E-state index contributed by atoms with van der Waals surface area (Å²) >= 11 is 7.11. The van der Waals surface area contributed by atoms with Crippen molar-refractivity contribution in [3.05, 3.63) is 57.7 Å². The van der Waals surface area contributed by atoms with Crippen molar-refractivity contribution in [1.82, 2.24) is 19.7 Å². The standard InChI is InChI=1S/C18H20N4S2/c1-21(15-9-4-7-13-6-2-3-8-14(13)15)12-22-18(23)19-17(20-22)16-10-5-11-24-16/h2-3,5-6,8,10-11,15H,4,7,9,12H2,1H3,(H,19,20,23)/t15-/m0/s1. The Morgan fingerprint density at radius 3 is 3.04 bits per heavy atom. The van der Waals surface area contributed by atoms with Crippen LogP contribution in [0, 0.1) is 4.77 Å². The highest BCUT2D eigenvalue weighted by Gasteiger charge is 2.23. The van der Waals surface area contributed by atoms with Crippen molar-refractivity contribution >= 4 is 23.6 Å². The molecule has 1 aliphatic rings. The van der Waals surface area contributed by atoms with Crippen molar-refractivity contribution in [2.45, 2.75) is 32.0 Å². The zero-order valence-electron chi connectivity index (χ0n) is 13.6. The van der Waals surface area contributed by atoms with Crippen LogP contribution in [0.4, 0.5) is 0 Å². The van der Waals surface area contributed by atoms with Gasteiger partial charge in [0.2, 0.25) is 4.77 Å². The minimum atomic E-state index is 0.435. The fourth-order valence-electron chi connectivity index (χ4n) is 3.48. The number of fused-ring (bicyclic) bond motifs is 1. The van der Waals surface area contributed by atoms with E-state index in [0.717, 1.165) is 17.4 Å². The first-order valence-corrected chi connectivity index (χ1v) is 9.50. The van der Waals surface area contributed by atoms with Crippen LogP contribution in [0.25, 0.3) is 10.7 Å². The second-order valence-corrected chi connectivity index (χ2v) is 7.58. The van der Waals surface area contributed by atoms with Gasteiger partial charge in [-0.1, -0.05) is 30.3 Å². The summed E-state index contributed by atoms with van der Waals surface area (Å²) in [5.41, 5.74) is 2.93. The molecule has 4 nitrogen and oxygen atoms in total. The average molecular weight is 357 g/mol. The van der Waals surface area contributed by atoms with Gasteiger partial charge in [-0.15, -0.1) is 11.3 Å². The Balaban J connectivity index is 1.57. The van der Waals surface area contributed by atoms with Gasteiger partial charge in [0, 0.05) is 6.04 Å². The van der Waals surface area contributed by atoms with Gasteiger partial charge in [-0.2, -0.15) is 4.98 Å². The van der Waals surface area contributed by atoms with Crippen molar-refractivity contribution in [3.63, 3.8) is 0 Å². The van der Waals surface area contributed by atoms with Gasteiger partial charge in [0.1, 0.15) is 0 Å². The van der Waals surface area contributed by atoms with Crippen LogP contribution in [0.3, 0.4) is 0 Å². The third-order valence-corrected chi connectivity index (χ3v) is 5.86. The first kappa shape index (κ1) is 15.7. The monoisotopic (exact) mass is 356 g/mol. The summed E-state index contributed by atoms with van der Waals surface area (Å²) in [4.78, 5) is 7.98. The lowest BCUT2D eigenvalue weighted by Crippen LogP contribution is -2.30. The fraction of sp³-hybridized carbons (Fsp3) is 0.333. The third kappa shape index (κ3) is 2.97. The Bertz CT molecular complexity index is 879. The van der Waals surface area contributed by atoms with Crippen molar-refractivity contribution in [3.8, 4) is 10.7 Å². The van der Waals surface area contributed by atoms with Crippen molar-refractivity contribution < 1.29 is 0 Å². The van der Waals surface area contributed by atoms with Gasteiger partial charge in [-0.3, -0.25) is 10.00 Å². The van der Waals surface area contributed by atoms with Gasteiger partial charge < -0.3 is 0 Å². The number of hydrogen-bond acceptors (Lipinski definition) is 4. The van der Waals surface area contributed by atoms with E-state index in [1.807, 2.05) is 10.7 Å². The van der Waals surface area contributed by atoms with Crippen LogP contribution in [-0.4, -0.2) is 26.7 Å². The Hall–Kier alpha value is -1.76. The minimum Gasteiger partial charge on any atom is -0.280 e. The maximum Gasteiger partial charge on any atom is 0.217 e. The molecule has 0 amide bonds. The molecule has 0 bridgehead atoms. The summed E-state index contributed by atoms with van der Waals surface area (Å²) in [5, 5.41) is 5.40. The quantitative estimate of drug-likeness (QED) is 0.692. The molecule has 1 aromatic carbocycles. The van der Waals surface area contributed by atoms with E-state index in [0.29, 0.717) is 10.8 Å². The molecular weight excluding hydrogens is 336 g/mol. The largest absolute Gasteiger partial charge is 0.280 e. The number of aromatic nitrogens is 3. The summed E-state index contributed by atoms with van der Waals surface area (Å²) in [6.45, 7) is 0.718. The van der Waals surface area contributed by atoms with E-state index in [9.17, 15) is 0 Å². The van der Waals surface area contributed by atoms with E-state index in [-0.39, 0.29) is 0 Å². The van der Waals surface area contributed by atoms with Gasteiger partial charge in [-0.25, -0.2) is 4.68 Å². The van der Waals surface area contributed by atoms with E-state index >= 15 is 0 Å². The predicted molar refractivity (Wildman–Crippen MR) is 101 cm³/mol. The maximum atomic E-state index is 5.44. The van der Waals surface area contributed by atoms with Gasteiger partial charge in [0.05, 0.1) is 11.5 Å². The van der Waals surface area contributed by atoms with E-state index in [4.69, 9.17) is 12.2 Å². The van der Waals surface area contributed by atoms with Crippen molar-refractivity contribution in [2.24, 2.45) is 0 Å². The second kappa shape index (κ2) is 6.63. The lowest BCUT2D eigenvalue weighted by molar-refractivity contribution is 0.166. The number of nitrogens with zero attached hydrogens (tertiary/aromatic N) is 3. The number of benzene rings is 1. The molecule has 0 saturated heterocycles. The molecule has 124 valence electrons. The van der Waals surface area contributed by atoms with Crippen LogP contribution < -0.4 is 0 Å². The highest BCUT2D eigenvalue weighted by atomic mass is 32.1. The SMILES string of the molecule is CN(Cn1[nH]c(-c2cccs2)nc1=S)[C@H]1CCCc2ccccc21. The molecule has 1 N–H and O–H groups in total. The highest BCUT2D eigenvalue weighted by Crippen LogP contribution is 2.33. The fourth-order valence-corrected chi connectivity index (χ4v) is 4.34. The topological polar surface area (TPSA) is 36.9 Å². The molecule has 1 atom stereocenters. The minimum absolute atomic E-state index is 0.435. The summed E-state index contributed by atoms with van der Waals surface area (Å²) in [7, 11) is 2.17. The molecule has 4 rings (SSSR count). The molecule has 24 heavy (non-hydrogen) atoms. The van der Waals surface area contributed by atoms with E-state index < -0.39 is 0 Å². The second-order valence-electron chi connectivity index (χ2n) is 6.27. The lowest BCUT2D eigenvalue weighted by atomic mass is 9.87.